The normalized spacial score (nSPS) is 22.5. The molecule has 184 valence electrons. The third kappa shape index (κ3) is 4.38. The molecule has 0 spiro atoms. The highest BCUT2D eigenvalue weighted by atomic mass is 19.4. The van der Waals surface area contributed by atoms with Gasteiger partial charge in [-0.1, -0.05) is 12.1 Å². The van der Waals surface area contributed by atoms with Gasteiger partial charge in [0.2, 0.25) is 0 Å². The van der Waals surface area contributed by atoms with Crippen LogP contribution in [0.1, 0.15) is 53.2 Å². The first-order chi connectivity index (χ1) is 16.6. The van der Waals surface area contributed by atoms with Crippen molar-refractivity contribution in [2.24, 2.45) is 0 Å². The van der Waals surface area contributed by atoms with Crippen molar-refractivity contribution >= 4 is 5.91 Å². The molecule has 0 aliphatic carbocycles. The first-order valence-corrected chi connectivity index (χ1v) is 11.5. The number of amides is 1. The number of aryl methyl sites for hydroxylation is 1. The van der Waals surface area contributed by atoms with E-state index in [-0.39, 0.29) is 29.7 Å². The van der Waals surface area contributed by atoms with E-state index >= 15 is 0 Å². The molecule has 3 unspecified atom stereocenters. The number of carbonyl (C=O) groups is 1. The number of pyridine rings is 1. The number of hydrogen-bond acceptors (Lipinski definition) is 4. The summed E-state index contributed by atoms with van der Waals surface area (Å²) in [4.78, 5) is 32.3. The molecule has 1 fully saturated rings. The number of ether oxygens (including phenoxy) is 1. The van der Waals surface area contributed by atoms with Crippen molar-refractivity contribution in [1.29, 1.82) is 0 Å². The molecule has 3 aromatic rings. The number of hydrogen-bond donors (Lipinski definition) is 0. The Morgan fingerprint density at radius 1 is 1.09 bits per heavy atom. The predicted molar refractivity (Wildman–Crippen MR) is 121 cm³/mol. The van der Waals surface area contributed by atoms with Gasteiger partial charge in [0, 0.05) is 25.3 Å². The van der Waals surface area contributed by atoms with Gasteiger partial charge in [-0.25, -0.2) is 4.98 Å². The maximum absolute atomic E-state index is 13.3. The largest absolute Gasteiger partial charge is 0.416 e. The van der Waals surface area contributed by atoms with Gasteiger partial charge in [-0.3, -0.25) is 9.59 Å². The van der Waals surface area contributed by atoms with Crippen molar-refractivity contribution in [3.8, 4) is 5.69 Å². The zero-order valence-electron chi connectivity index (χ0n) is 19.3. The van der Waals surface area contributed by atoms with E-state index in [1.807, 2.05) is 13.8 Å². The topological polar surface area (TPSA) is 69.4 Å². The molecule has 2 aliphatic heterocycles. The zero-order chi connectivity index (χ0) is 24.9. The maximum atomic E-state index is 13.3. The monoisotopic (exact) mass is 486 g/mol. The zero-order valence-corrected chi connectivity index (χ0v) is 19.3. The molecule has 1 aromatic carbocycles. The summed E-state index contributed by atoms with van der Waals surface area (Å²) < 4.78 is 47.8. The van der Waals surface area contributed by atoms with Gasteiger partial charge >= 0.3 is 6.18 Å². The van der Waals surface area contributed by atoms with Crippen LogP contribution in [-0.2, 0) is 17.5 Å². The van der Waals surface area contributed by atoms with Gasteiger partial charge in [-0.05, 0) is 56.5 Å². The number of halogens is 3. The van der Waals surface area contributed by atoms with E-state index in [0.29, 0.717) is 42.9 Å². The number of rotatable bonds is 4. The Morgan fingerprint density at radius 2 is 1.83 bits per heavy atom. The highest BCUT2D eigenvalue weighted by molar-refractivity contribution is 5.93. The minimum absolute atomic E-state index is 0.221. The molecular weight excluding hydrogens is 461 g/mol. The lowest BCUT2D eigenvalue weighted by Gasteiger charge is -2.36. The Morgan fingerprint density at radius 3 is 2.49 bits per heavy atom. The standard InChI is InChI=1S/C25H25F3N4O3/c1-15-11-30(14-29-15)20-8-9-21-24(34)31(16(2)12-32(21)23(20)33)13-19-7-10-22(35-19)17-3-5-18(6-4-17)25(26,27)28/h3-6,8-9,11,14,16,19,22H,7,10,12-13H2,1-2H3. The molecule has 1 saturated heterocycles. The van der Waals surface area contributed by atoms with Gasteiger partial charge in [0.25, 0.3) is 11.5 Å². The van der Waals surface area contributed by atoms with Gasteiger partial charge in [-0.15, -0.1) is 0 Å². The van der Waals surface area contributed by atoms with E-state index in [0.717, 1.165) is 17.8 Å². The van der Waals surface area contributed by atoms with Crippen molar-refractivity contribution < 1.29 is 22.7 Å². The summed E-state index contributed by atoms with van der Waals surface area (Å²) in [6.07, 6.45) is -0.240. The molecule has 0 N–H and O–H groups in total. The molecule has 3 atom stereocenters. The molecule has 0 radical (unpaired) electrons. The third-order valence-electron chi connectivity index (χ3n) is 6.72. The average molecular weight is 486 g/mol. The molecule has 35 heavy (non-hydrogen) atoms. The number of nitrogens with zero attached hydrogens (tertiary/aromatic N) is 4. The SMILES string of the molecule is Cc1cn(-c2ccc3n(c2=O)CC(C)N(CC2CCC(c4ccc(C(F)(F)F)cc4)O2)C3=O)cn1. The molecule has 4 heterocycles. The summed E-state index contributed by atoms with van der Waals surface area (Å²) in [5.74, 6) is -0.240. The lowest BCUT2D eigenvalue weighted by molar-refractivity contribution is -0.137. The molecule has 2 aliphatic rings. The van der Waals surface area contributed by atoms with Crippen LogP contribution in [0.3, 0.4) is 0 Å². The van der Waals surface area contributed by atoms with Crippen LogP contribution < -0.4 is 5.56 Å². The molecule has 0 bridgehead atoms. The van der Waals surface area contributed by atoms with Gasteiger partial charge in [0.15, 0.2) is 0 Å². The molecule has 0 saturated carbocycles. The fourth-order valence-corrected chi connectivity index (χ4v) is 4.85. The Kier molecular flexibility index (Phi) is 5.79. The molecular formula is C25H25F3N4O3. The second-order valence-corrected chi connectivity index (χ2v) is 9.19. The number of aromatic nitrogens is 3. The van der Waals surface area contributed by atoms with E-state index < -0.39 is 11.7 Å². The maximum Gasteiger partial charge on any atom is 0.416 e. The highest BCUT2D eigenvalue weighted by Crippen LogP contribution is 2.36. The summed E-state index contributed by atoms with van der Waals surface area (Å²) in [6.45, 7) is 4.44. The van der Waals surface area contributed by atoms with Crippen LogP contribution in [0.15, 0.2) is 53.7 Å². The minimum Gasteiger partial charge on any atom is -0.368 e. The van der Waals surface area contributed by atoms with Crippen LogP contribution in [0.2, 0.25) is 0 Å². The van der Waals surface area contributed by atoms with E-state index in [9.17, 15) is 22.8 Å². The quantitative estimate of drug-likeness (QED) is 0.556. The van der Waals surface area contributed by atoms with Crippen molar-refractivity contribution in [1.82, 2.24) is 19.0 Å². The second kappa shape index (κ2) is 8.67. The van der Waals surface area contributed by atoms with Gasteiger partial charge < -0.3 is 18.8 Å². The Labute approximate surface area is 199 Å². The molecule has 10 heteroatoms. The summed E-state index contributed by atoms with van der Waals surface area (Å²) >= 11 is 0. The van der Waals surface area contributed by atoms with Crippen molar-refractivity contribution in [3.05, 3.63) is 81.8 Å². The van der Waals surface area contributed by atoms with E-state index in [4.69, 9.17) is 4.74 Å². The van der Waals surface area contributed by atoms with E-state index in [2.05, 4.69) is 4.98 Å². The van der Waals surface area contributed by atoms with Crippen LogP contribution >= 0.6 is 0 Å². The van der Waals surface area contributed by atoms with Crippen LogP contribution in [0.25, 0.3) is 5.69 Å². The predicted octanol–water partition coefficient (Wildman–Crippen LogP) is 4.13. The smallest absolute Gasteiger partial charge is 0.368 e. The third-order valence-corrected chi connectivity index (χ3v) is 6.72. The fourth-order valence-electron chi connectivity index (χ4n) is 4.85. The second-order valence-electron chi connectivity index (χ2n) is 9.19. The lowest BCUT2D eigenvalue weighted by Crippen LogP contribution is -2.52. The minimum atomic E-state index is -4.38. The molecule has 5 rings (SSSR count). The fraction of sp³-hybridized carbons (Fsp3) is 0.400. The molecule has 2 aromatic heterocycles. The Hall–Kier alpha value is -3.40. The van der Waals surface area contributed by atoms with E-state index in [1.54, 1.807) is 34.1 Å². The van der Waals surface area contributed by atoms with Crippen LogP contribution in [0.4, 0.5) is 13.2 Å². The summed E-state index contributed by atoms with van der Waals surface area (Å²) in [7, 11) is 0. The van der Waals surface area contributed by atoms with Crippen molar-refractivity contribution in [3.63, 3.8) is 0 Å². The van der Waals surface area contributed by atoms with Crippen LogP contribution in [0, 0.1) is 6.92 Å². The van der Waals surface area contributed by atoms with Crippen molar-refractivity contribution in [2.75, 3.05) is 6.54 Å². The van der Waals surface area contributed by atoms with Gasteiger partial charge in [0.05, 0.1) is 29.8 Å². The molecule has 7 nitrogen and oxygen atoms in total. The summed E-state index contributed by atoms with van der Waals surface area (Å²) in [5.41, 5.74) is 1.29. The van der Waals surface area contributed by atoms with E-state index in [1.165, 1.54) is 16.7 Å². The average Bonchev–Trinajstić information content (AvgIpc) is 3.46. The number of carbonyl (C=O) groups excluding carboxylic acids is 1. The number of benzene rings is 1. The lowest BCUT2D eigenvalue weighted by atomic mass is 10.0. The van der Waals surface area contributed by atoms with Crippen LogP contribution in [-0.4, -0.2) is 43.6 Å². The number of alkyl halides is 3. The number of fused-ring (bicyclic) bond motifs is 1. The van der Waals surface area contributed by atoms with Crippen molar-refractivity contribution in [2.45, 2.75) is 57.7 Å². The van der Waals surface area contributed by atoms with Gasteiger partial charge in [0.1, 0.15) is 11.4 Å². The number of imidazole rings is 1. The molecule has 1 amide bonds. The van der Waals surface area contributed by atoms with Crippen LogP contribution in [0.5, 0.6) is 0 Å². The summed E-state index contributed by atoms with van der Waals surface area (Å²) in [6, 6.07) is 8.11. The Balaban J connectivity index is 1.30. The first kappa shape index (κ1) is 23.3. The van der Waals surface area contributed by atoms with Gasteiger partial charge in [-0.2, -0.15) is 13.2 Å². The first-order valence-electron chi connectivity index (χ1n) is 11.5. The Bertz CT molecular complexity index is 1310. The highest BCUT2D eigenvalue weighted by Gasteiger charge is 2.36. The summed E-state index contributed by atoms with van der Waals surface area (Å²) in [5, 5.41) is 0.